The van der Waals surface area contributed by atoms with E-state index in [0.717, 1.165) is 19.5 Å². The van der Waals surface area contributed by atoms with E-state index >= 15 is 0 Å². The van der Waals surface area contributed by atoms with Crippen LogP contribution in [0.5, 0.6) is 0 Å². The summed E-state index contributed by atoms with van der Waals surface area (Å²) >= 11 is 0. The molecule has 3 N–H and O–H groups in total. The minimum atomic E-state index is -0.167. The van der Waals surface area contributed by atoms with Crippen molar-refractivity contribution in [1.82, 2.24) is 0 Å². The first-order valence-corrected chi connectivity index (χ1v) is 5.43. The number of β-amino-alcohol motifs (C(OH)–C–C–N with tert-alkyl or cyclic N) is 1. The van der Waals surface area contributed by atoms with Crippen molar-refractivity contribution in [3.63, 3.8) is 0 Å². The van der Waals surface area contributed by atoms with Gasteiger partial charge in [-0.15, -0.1) is 0 Å². The van der Waals surface area contributed by atoms with Crippen molar-refractivity contribution in [2.45, 2.75) is 26.0 Å². The number of nitrogens with zero attached hydrogens (tertiary/aromatic N) is 1. The molecule has 1 aliphatic heterocycles. The van der Waals surface area contributed by atoms with Crippen LogP contribution in [0.15, 0.2) is 18.2 Å². The SMILES string of the molecule is Cc1cc(N2CCC(O)C2)ccc1CN. The molecular weight excluding hydrogens is 188 g/mol. The number of aryl methyl sites for hydroxylation is 1. The lowest BCUT2D eigenvalue weighted by Gasteiger charge is -2.19. The lowest BCUT2D eigenvalue weighted by atomic mass is 10.1. The maximum absolute atomic E-state index is 9.47. The Morgan fingerprint density at radius 1 is 1.53 bits per heavy atom. The van der Waals surface area contributed by atoms with Gasteiger partial charge in [0, 0.05) is 25.3 Å². The average Bonchev–Trinajstić information content (AvgIpc) is 2.65. The van der Waals surface area contributed by atoms with Crippen LogP contribution >= 0.6 is 0 Å². The minimum absolute atomic E-state index is 0.167. The van der Waals surface area contributed by atoms with Crippen LogP contribution < -0.4 is 10.6 Å². The minimum Gasteiger partial charge on any atom is -0.391 e. The monoisotopic (exact) mass is 206 g/mol. The zero-order chi connectivity index (χ0) is 10.8. The molecule has 1 unspecified atom stereocenters. The molecule has 0 aliphatic carbocycles. The van der Waals surface area contributed by atoms with Gasteiger partial charge in [-0.3, -0.25) is 0 Å². The first kappa shape index (κ1) is 10.5. The van der Waals surface area contributed by atoms with E-state index in [9.17, 15) is 5.11 Å². The Morgan fingerprint density at radius 2 is 2.33 bits per heavy atom. The number of hydrogen-bond donors (Lipinski definition) is 2. The molecule has 82 valence electrons. The molecule has 1 heterocycles. The van der Waals surface area contributed by atoms with Crippen LogP contribution in [0.2, 0.25) is 0 Å². The average molecular weight is 206 g/mol. The van der Waals surface area contributed by atoms with E-state index < -0.39 is 0 Å². The molecule has 1 fully saturated rings. The van der Waals surface area contributed by atoms with Gasteiger partial charge < -0.3 is 15.7 Å². The van der Waals surface area contributed by atoms with E-state index in [-0.39, 0.29) is 6.10 Å². The second kappa shape index (κ2) is 4.21. The van der Waals surface area contributed by atoms with Crippen molar-refractivity contribution in [3.05, 3.63) is 29.3 Å². The summed E-state index contributed by atoms with van der Waals surface area (Å²) in [6.45, 7) is 4.37. The van der Waals surface area contributed by atoms with E-state index in [2.05, 4.69) is 30.0 Å². The fourth-order valence-corrected chi connectivity index (χ4v) is 2.08. The molecule has 3 nitrogen and oxygen atoms in total. The number of anilines is 1. The zero-order valence-corrected chi connectivity index (χ0v) is 9.11. The standard InChI is InChI=1S/C12H18N2O/c1-9-6-11(3-2-10(9)7-13)14-5-4-12(15)8-14/h2-3,6,12,15H,4-5,7-8,13H2,1H3. The van der Waals surface area contributed by atoms with Crippen molar-refractivity contribution in [2.24, 2.45) is 5.73 Å². The summed E-state index contributed by atoms with van der Waals surface area (Å²) in [6, 6.07) is 6.32. The second-order valence-corrected chi connectivity index (χ2v) is 4.20. The molecule has 0 radical (unpaired) electrons. The second-order valence-electron chi connectivity index (χ2n) is 4.20. The molecule has 2 rings (SSSR count). The molecule has 0 bridgehead atoms. The fraction of sp³-hybridized carbons (Fsp3) is 0.500. The number of rotatable bonds is 2. The highest BCUT2D eigenvalue weighted by molar-refractivity contribution is 5.51. The summed E-state index contributed by atoms with van der Waals surface area (Å²) in [5.41, 5.74) is 9.24. The van der Waals surface area contributed by atoms with Crippen LogP contribution in [0.4, 0.5) is 5.69 Å². The summed E-state index contributed by atoms with van der Waals surface area (Å²) < 4.78 is 0. The summed E-state index contributed by atoms with van der Waals surface area (Å²) in [5, 5.41) is 9.47. The number of nitrogens with two attached hydrogens (primary N) is 1. The number of aliphatic hydroxyl groups excluding tert-OH is 1. The molecule has 0 spiro atoms. The van der Waals surface area contributed by atoms with Gasteiger partial charge in [0.1, 0.15) is 0 Å². The van der Waals surface area contributed by atoms with Gasteiger partial charge >= 0.3 is 0 Å². The number of benzene rings is 1. The summed E-state index contributed by atoms with van der Waals surface area (Å²) in [7, 11) is 0. The molecule has 0 aromatic heterocycles. The molecule has 0 saturated carbocycles. The topological polar surface area (TPSA) is 49.5 Å². The highest BCUT2D eigenvalue weighted by Gasteiger charge is 2.20. The summed E-state index contributed by atoms with van der Waals surface area (Å²) in [5.74, 6) is 0. The van der Waals surface area contributed by atoms with Crippen LogP contribution in [-0.4, -0.2) is 24.3 Å². The summed E-state index contributed by atoms with van der Waals surface area (Å²) in [4.78, 5) is 2.22. The van der Waals surface area contributed by atoms with E-state index in [1.165, 1.54) is 16.8 Å². The van der Waals surface area contributed by atoms with E-state index in [1.807, 2.05) is 0 Å². The van der Waals surface area contributed by atoms with E-state index in [0.29, 0.717) is 6.54 Å². The maximum atomic E-state index is 9.47. The van der Waals surface area contributed by atoms with Crippen molar-refractivity contribution < 1.29 is 5.11 Å². The van der Waals surface area contributed by atoms with Gasteiger partial charge in [-0.25, -0.2) is 0 Å². The predicted molar refractivity (Wildman–Crippen MR) is 61.9 cm³/mol. The molecule has 1 aliphatic rings. The van der Waals surface area contributed by atoms with Crippen molar-refractivity contribution in [3.8, 4) is 0 Å². The first-order chi connectivity index (χ1) is 7.20. The molecule has 3 heteroatoms. The Labute approximate surface area is 90.5 Å². The van der Waals surface area contributed by atoms with Crippen LogP contribution in [0.3, 0.4) is 0 Å². The van der Waals surface area contributed by atoms with Crippen molar-refractivity contribution >= 4 is 5.69 Å². The van der Waals surface area contributed by atoms with Crippen LogP contribution in [-0.2, 0) is 6.54 Å². The Hall–Kier alpha value is -1.06. The van der Waals surface area contributed by atoms with Crippen molar-refractivity contribution in [1.29, 1.82) is 0 Å². The van der Waals surface area contributed by atoms with Gasteiger partial charge in [0.15, 0.2) is 0 Å². The summed E-state index contributed by atoms with van der Waals surface area (Å²) in [6.07, 6.45) is 0.706. The van der Waals surface area contributed by atoms with Crippen LogP contribution in [0.1, 0.15) is 17.5 Å². The van der Waals surface area contributed by atoms with Gasteiger partial charge in [-0.1, -0.05) is 6.07 Å². The Morgan fingerprint density at radius 3 is 2.87 bits per heavy atom. The van der Waals surface area contributed by atoms with E-state index in [4.69, 9.17) is 5.73 Å². The third-order valence-electron chi connectivity index (χ3n) is 3.07. The lowest BCUT2D eigenvalue weighted by Crippen LogP contribution is -2.21. The first-order valence-electron chi connectivity index (χ1n) is 5.43. The highest BCUT2D eigenvalue weighted by Crippen LogP contribution is 2.23. The van der Waals surface area contributed by atoms with Crippen molar-refractivity contribution in [2.75, 3.05) is 18.0 Å². The highest BCUT2D eigenvalue weighted by atomic mass is 16.3. The quantitative estimate of drug-likeness (QED) is 0.759. The molecular formula is C12H18N2O. The molecule has 15 heavy (non-hydrogen) atoms. The lowest BCUT2D eigenvalue weighted by molar-refractivity contribution is 0.198. The predicted octanol–water partition coefficient (Wildman–Crippen LogP) is 1.02. The van der Waals surface area contributed by atoms with Gasteiger partial charge in [-0.05, 0) is 36.6 Å². The normalized spacial score (nSPS) is 21.0. The molecule has 1 atom stereocenters. The molecule has 1 aromatic rings. The Kier molecular flexibility index (Phi) is 2.93. The van der Waals surface area contributed by atoms with E-state index in [1.54, 1.807) is 0 Å². The smallest absolute Gasteiger partial charge is 0.0731 e. The van der Waals surface area contributed by atoms with Gasteiger partial charge in [0.2, 0.25) is 0 Å². The third-order valence-corrected chi connectivity index (χ3v) is 3.07. The fourth-order valence-electron chi connectivity index (χ4n) is 2.08. The third kappa shape index (κ3) is 2.13. The van der Waals surface area contributed by atoms with Gasteiger partial charge in [-0.2, -0.15) is 0 Å². The van der Waals surface area contributed by atoms with Crippen LogP contribution in [0, 0.1) is 6.92 Å². The molecule has 1 saturated heterocycles. The molecule has 1 aromatic carbocycles. The number of hydrogen-bond acceptors (Lipinski definition) is 3. The van der Waals surface area contributed by atoms with Gasteiger partial charge in [0.05, 0.1) is 6.10 Å². The Bertz CT molecular complexity index is 351. The van der Waals surface area contributed by atoms with Crippen LogP contribution in [0.25, 0.3) is 0 Å². The largest absolute Gasteiger partial charge is 0.391 e. The molecule has 0 amide bonds. The zero-order valence-electron chi connectivity index (χ0n) is 9.11. The van der Waals surface area contributed by atoms with Gasteiger partial charge in [0.25, 0.3) is 0 Å². The number of aliphatic hydroxyl groups is 1. The maximum Gasteiger partial charge on any atom is 0.0731 e. The Balaban J connectivity index is 2.19.